The van der Waals surface area contributed by atoms with E-state index in [4.69, 9.17) is 4.42 Å². The molecule has 0 amide bonds. The SMILES string of the molecule is OC1(Cc2cc(F)cc(Br)c2)CCCc2occc21. The van der Waals surface area contributed by atoms with E-state index in [1.54, 1.807) is 6.26 Å². The lowest BCUT2D eigenvalue weighted by Gasteiger charge is -2.32. The van der Waals surface area contributed by atoms with Crippen molar-refractivity contribution in [2.45, 2.75) is 31.3 Å². The summed E-state index contributed by atoms with van der Waals surface area (Å²) in [5.74, 6) is 0.556. The van der Waals surface area contributed by atoms with Gasteiger partial charge in [-0.05, 0) is 42.7 Å². The normalized spacial score (nSPS) is 22.3. The van der Waals surface area contributed by atoms with Gasteiger partial charge in [-0.2, -0.15) is 0 Å². The molecule has 0 spiro atoms. The number of rotatable bonds is 2. The molecule has 1 heterocycles. The average molecular weight is 325 g/mol. The molecule has 0 saturated carbocycles. The Balaban J connectivity index is 1.95. The van der Waals surface area contributed by atoms with E-state index in [-0.39, 0.29) is 5.82 Å². The molecule has 1 unspecified atom stereocenters. The molecular weight excluding hydrogens is 311 g/mol. The van der Waals surface area contributed by atoms with Crippen LogP contribution in [-0.2, 0) is 18.4 Å². The van der Waals surface area contributed by atoms with Crippen LogP contribution in [0.3, 0.4) is 0 Å². The molecule has 0 aliphatic heterocycles. The number of fused-ring (bicyclic) bond motifs is 1. The zero-order chi connectivity index (χ0) is 13.5. The summed E-state index contributed by atoms with van der Waals surface area (Å²) >= 11 is 3.28. The van der Waals surface area contributed by atoms with Crippen molar-refractivity contribution in [2.24, 2.45) is 0 Å². The van der Waals surface area contributed by atoms with E-state index in [2.05, 4.69) is 15.9 Å². The molecule has 0 fully saturated rings. The Morgan fingerprint density at radius 2 is 2.21 bits per heavy atom. The van der Waals surface area contributed by atoms with Gasteiger partial charge in [0.2, 0.25) is 0 Å². The van der Waals surface area contributed by atoms with Crippen molar-refractivity contribution in [2.75, 3.05) is 0 Å². The summed E-state index contributed by atoms with van der Waals surface area (Å²) < 4.78 is 19.5. The Kier molecular flexibility index (Phi) is 3.23. The van der Waals surface area contributed by atoms with Crippen LogP contribution in [0.4, 0.5) is 4.39 Å². The van der Waals surface area contributed by atoms with Crippen molar-refractivity contribution in [1.82, 2.24) is 0 Å². The number of furan rings is 1. The van der Waals surface area contributed by atoms with Crippen LogP contribution >= 0.6 is 15.9 Å². The molecule has 100 valence electrons. The van der Waals surface area contributed by atoms with Crippen LogP contribution in [0.5, 0.6) is 0 Å². The maximum absolute atomic E-state index is 13.4. The summed E-state index contributed by atoms with van der Waals surface area (Å²) in [6.07, 6.45) is 4.43. The van der Waals surface area contributed by atoms with Gasteiger partial charge in [0, 0.05) is 22.9 Å². The van der Waals surface area contributed by atoms with Crippen LogP contribution in [0.1, 0.15) is 29.7 Å². The molecule has 1 aromatic carbocycles. The Bertz CT molecular complexity index is 588. The van der Waals surface area contributed by atoms with E-state index in [9.17, 15) is 9.50 Å². The lowest BCUT2D eigenvalue weighted by atomic mass is 9.79. The van der Waals surface area contributed by atoms with Gasteiger partial charge in [-0.3, -0.25) is 0 Å². The molecule has 3 rings (SSSR count). The maximum Gasteiger partial charge on any atom is 0.124 e. The van der Waals surface area contributed by atoms with Gasteiger partial charge in [0.15, 0.2) is 0 Å². The maximum atomic E-state index is 13.4. The first-order valence-corrected chi connectivity index (χ1v) is 7.10. The van der Waals surface area contributed by atoms with Crippen molar-refractivity contribution >= 4 is 15.9 Å². The van der Waals surface area contributed by atoms with E-state index in [0.717, 1.165) is 29.7 Å². The second kappa shape index (κ2) is 4.76. The van der Waals surface area contributed by atoms with Crippen LogP contribution in [0.2, 0.25) is 0 Å². The molecule has 1 aliphatic rings. The number of aliphatic hydroxyl groups is 1. The number of hydrogen-bond acceptors (Lipinski definition) is 2. The minimum absolute atomic E-state index is 0.295. The Morgan fingerprint density at radius 1 is 1.37 bits per heavy atom. The molecule has 1 aliphatic carbocycles. The quantitative estimate of drug-likeness (QED) is 0.907. The predicted octanol–water partition coefficient (Wildman–Crippen LogP) is 3.95. The fourth-order valence-corrected chi connectivity index (χ4v) is 3.37. The Labute approximate surface area is 119 Å². The van der Waals surface area contributed by atoms with E-state index in [1.807, 2.05) is 12.1 Å². The highest BCUT2D eigenvalue weighted by molar-refractivity contribution is 9.10. The van der Waals surface area contributed by atoms with Gasteiger partial charge in [0.05, 0.1) is 11.9 Å². The molecule has 1 atom stereocenters. The monoisotopic (exact) mass is 324 g/mol. The zero-order valence-corrected chi connectivity index (χ0v) is 11.9. The molecule has 2 aromatic rings. The van der Waals surface area contributed by atoms with Gasteiger partial charge in [0.25, 0.3) is 0 Å². The third kappa shape index (κ3) is 2.47. The summed E-state index contributed by atoms with van der Waals surface area (Å²) in [6, 6.07) is 6.55. The Hall–Kier alpha value is -1.13. The van der Waals surface area contributed by atoms with Crippen molar-refractivity contribution in [3.8, 4) is 0 Å². The van der Waals surface area contributed by atoms with Crippen LogP contribution in [-0.4, -0.2) is 5.11 Å². The lowest BCUT2D eigenvalue weighted by molar-refractivity contribution is 0.0168. The van der Waals surface area contributed by atoms with Gasteiger partial charge in [0.1, 0.15) is 11.6 Å². The van der Waals surface area contributed by atoms with E-state index in [1.165, 1.54) is 12.1 Å². The summed E-state index contributed by atoms with van der Waals surface area (Å²) in [7, 11) is 0. The molecule has 19 heavy (non-hydrogen) atoms. The number of benzene rings is 1. The van der Waals surface area contributed by atoms with E-state index < -0.39 is 5.60 Å². The molecule has 4 heteroatoms. The number of hydrogen-bond donors (Lipinski definition) is 1. The van der Waals surface area contributed by atoms with Crippen LogP contribution < -0.4 is 0 Å². The molecule has 0 saturated heterocycles. The summed E-state index contributed by atoms with van der Waals surface area (Å²) in [6.45, 7) is 0. The predicted molar refractivity (Wildman–Crippen MR) is 73.3 cm³/mol. The second-order valence-electron chi connectivity index (χ2n) is 5.10. The van der Waals surface area contributed by atoms with Crippen molar-refractivity contribution in [3.63, 3.8) is 0 Å². The second-order valence-corrected chi connectivity index (χ2v) is 6.01. The highest BCUT2D eigenvalue weighted by atomic mass is 79.9. The molecule has 1 N–H and O–H groups in total. The molecule has 2 nitrogen and oxygen atoms in total. The highest BCUT2D eigenvalue weighted by Crippen LogP contribution is 2.38. The van der Waals surface area contributed by atoms with Gasteiger partial charge < -0.3 is 9.52 Å². The standard InChI is InChI=1S/C15H14BrFO2/c16-11-6-10(7-12(17)8-11)9-15(18)4-1-2-14-13(15)3-5-19-14/h3,5-8,18H,1-2,4,9H2. The smallest absolute Gasteiger partial charge is 0.124 e. The molecule has 0 bridgehead atoms. The third-order valence-electron chi connectivity index (χ3n) is 3.66. The van der Waals surface area contributed by atoms with Crippen molar-refractivity contribution in [1.29, 1.82) is 0 Å². The molecular formula is C15H14BrFO2. The summed E-state index contributed by atoms with van der Waals surface area (Å²) in [5, 5.41) is 10.8. The average Bonchev–Trinajstić information content (AvgIpc) is 2.77. The zero-order valence-electron chi connectivity index (χ0n) is 10.3. The minimum Gasteiger partial charge on any atom is -0.469 e. The van der Waals surface area contributed by atoms with Crippen molar-refractivity contribution in [3.05, 3.63) is 57.7 Å². The molecule has 0 radical (unpaired) electrons. The summed E-state index contributed by atoms with van der Waals surface area (Å²) in [5.41, 5.74) is 0.677. The van der Waals surface area contributed by atoms with E-state index in [0.29, 0.717) is 17.3 Å². The fourth-order valence-electron chi connectivity index (χ4n) is 2.86. The summed E-state index contributed by atoms with van der Waals surface area (Å²) in [4.78, 5) is 0. The first kappa shape index (κ1) is 12.9. The fraction of sp³-hybridized carbons (Fsp3) is 0.333. The van der Waals surface area contributed by atoms with Crippen LogP contribution in [0.15, 0.2) is 39.4 Å². The third-order valence-corrected chi connectivity index (χ3v) is 4.12. The van der Waals surface area contributed by atoms with Crippen LogP contribution in [0.25, 0.3) is 0 Å². The minimum atomic E-state index is -0.951. The van der Waals surface area contributed by atoms with Gasteiger partial charge >= 0.3 is 0 Å². The van der Waals surface area contributed by atoms with Crippen LogP contribution in [0, 0.1) is 5.82 Å². The van der Waals surface area contributed by atoms with Gasteiger partial charge in [-0.25, -0.2) is 4.39 Å². The van der Waals surface area contributed by atoms with Crippen molar-refractivity contribution < 1.29 is 13.9 Å². The number of halogens is 2. The highest BCUT2D eigenvalue weighted by Gasteiger charge is 2.36. The topological polar surface area (TPSA) is 33.4 Å². The number of aryl methyl sites for hydroxylation is 1. The first-order chi connectivity index (χ1) is 9.07. The Morgan fingerprint density at radius 3 is 3.00 bits per heavy atom. The van der Waals surface area contributed by atoms with Gasteiger partial charge in [-0.15, -0.1) is 0 Å². The van der Waals surface area contributed by atoms with Gasteiger partial charge in [-0.1, -0.05) is 15.9 Å². The first-order valence-electron chi connectivity index (χ1n) is 6.31. The lowest BCUT2D eigenvalue weighted by Crippen LogP contribution is -2.32. The largest absolute Gasteiger partial charge is 0.469 e. The molecule has 1 aromatic heterocycles. The van der Waals surface area contributed by atoms with E-state index >= 15 is 0 Å².